The van der Waals surface area contributed by atoms with Crippen LogP contribution in [-0.4, -0.2) is 0 Å². The molecule has 1 heteroatoms. The molecule has 1 nitrogen and oxygen atoms in total. The Kier molecular flexibility index (Phi) is 6.79. The molecule has 0 aliphatic heterocycles. The zero-order valence-electron chi connectivity index (χ0n) is 10.7. The third-order valence-corrected chi connectivity index (χ3v) is 2.63. The Morgan fingerprint density at radius 3 is 2.27 bits per heavy atom. The van der Waals surface area contributed by atoms with Crippen molar-refractivity contribution >= 4 is 0 Å². The summed E-state index contributed by atoms with van der Waals surface area (Å²) in [5.74, 6) is 0.142. The van der Waals surface area contributed by atoms with Crippen LogP contribution in [0, 0.1) is 17.2 Å². The van der Waals surface area contributed by atoms with E-state index in [-0.39, 0.29) is 5.92 Å². The maximum atomic E-state index is 8.73. The lowest BCUT2D eigenvalue weighted by Gasteiger charge is -2.08. The normalized spacial score (nSPS) is 13.9. The highest BCUT2D eigenvalue weighted by atomic mass is 14.3. The van der Waals surface area contributed by atoms with Gasteiger partial charge in [-0.15, -0.1) is 0 Å². The molecule has 0 bridgehead atoms. The van der Waals surface area contributed by atoms with Gasteiger partial charge in [-0.05, 0) is 53.9 Å². The van der Waals surface area contributed by atoms with E-state index in [1.54, 1.807) is 0 Å². The van der Waals surface area contributed by atoms with Crippen LogP contribution in [0.15, 0.2) is 22.8 Å². The summed E-state index contributed by atoms with van der Waals surface area (Å²) in [6.07, 6.45) is 5.42. The van der Waals surface area contributed by atoms with Crippen molar-refractivity contribution in [3.05, 3.63) is 22.8 Å². The Balaban J connectivity index is 4.16. The summed E-state index contributed by atoms with van der Waals surface area (Å²) in [4.78, 5) is 0. The highest BCUT2D eigenvalue weighted by molar-refractivity contribution is 5.12. The lowest BCUT2D eigenvalue weighted by atomic mass is 9.97. The van der Waals surface area contributed by atoms with Crippen LogP contribution in [0.2, 0.25) is 0 Å². The van der Waals surface area contributed by atoms with Gasteiger partial charge in [0.1, 0.15) is 0 Å². The number of rotatable bonds is 5. The maximum absolute atomic E-state index is 8.73. The van der Waals surface area contributed by atoms with Crippen LogP contribution in [0.1, 0.15) is 53.9 Å². The Morgan fingerprint density at radius 2 is 1.80 bits per heavy atom. The summed E-state index contributed by atoms with van der Waals surface area (Å²) in [5.41, 5.74) is 4.20. The fourth-order valence-corrected chi connectivity index (χ4v) is 1.47. The van der Waals surface area contributed by atoms with Crippen LogP contribution in [0.3, 0.4) is 0 Å². The first kappa shape index (κ1) is 14.0. The third-order valence-electron chi connectivity index (χ3n) is 2.63. The summed E-state index contributed by atoms with van der Waals surface area (Å²) in [5, 5.41) is 8.73. The van der Waals surface area contributed by atoms with Crippen molar-refractivity contribution in [3.8, 4) is 6.07 Å². The minimum absolute atomic E-state index is 0.142. The van der Waals surface area contributed by atoms with Gasteiger partial charge in [0.2, 0.25) is 0 Å². The van der Waals surface area contributed by atoms with Gasteiger partial charge in [-0.3, -0.25) is 0 Å². The molecule has 0 aliphatic rings. The fraction of sp³-hybridized carbons (Fsp3) is 0.643. The standard InChI is InChI=1S/C14H23N/c1-11(2)7-6-8-13(4)14(5)9-12(3)10-15/h7,12H,6,8-9H2,1-5H3/b14-13+. The summed E-state index contributed by atoms with van der Waals surface area (Å²) >= 11 is 0. The average Bonchev–Trinajstić information content (AvgIpc) is 2.16. The number of hydrogen-bond acceptors (Lipinski definition) is 1. The third kappa shape index (κ3) is 6.96. The van der Waals surface area contributed by atoms with Crippen molar-refractivity contribution in [1.82, 2.24) is 0 Å². The van der Waals surface area contributed by atoms with Gasteiger partial charge in [0.15, 0.2) is 0 Å². The van der Waals surface area contributed by atoms with Crippen molar-refractivity contribution in [2.24, 2.45) is 5.92 Å². The zero-order chi connectivity index (χ0) is 11.8. The Labute approximate surface area is 94.5 Å². The van der Waals surface area contributed by atoms with Gasteiger partial charge in [0, 0.05) is 5.92 Å². The first-order chi connectivity index (χ1) is 6.97. The second kappa shape index (κ2) is 7.29. The molecule has 0 aromatic heterocycles. The average molecular weight is 205 g/mol. The Hall–Kier alpha value is -1.03. The summed E-state index contributed by atoms with van der Waals surface area (Å²) in [7, 11) is 0. The SMILES string of the molecule is CC(C)=CCC/C(C)=C(\C)CC(C)C#N. The van der Waals surface area contributed by atoms with Crippen molar-refractivity contribution in [2.45, 2.75) is 53.9 Å². The molecule has 0 amide bonds. The minimum atomic E-state index is 0.142. The number of nitrogens with zero attached hydrogens (tertiary/aromatic N) is 1. The van der Waals surface area contributed by atoms with Gasteiger partial charge in [-0.2, -0.15) is 5.26 Å². The molecule has 0 radical (unpaired) electrons. The van der Waals surface area contributed by atoms with Crippen LogP contribution in [0.4, 0.5) is 0 Å². The van der Waals surface area contributed by atoms with Crippen molar-refractivity contribution in [3.63, 3.8) is 0 Å². The molecule has 0 spiro atoms. The monoisotopic (exact) mass is 205 g/mol. The van der Waals surface area contributed by atoms with E-state index >= 15 is 0 Å². The molecule has 15 heavy (non-hydrogen) atoms. The molecule has 0 fully saturated rings. The molecule has 0 saturated carbocycles. The smallest absolute Gasteiger partial charge is 0.0656 e. The van der Waals surface area contributed by atoms with Gasteiger partial charge in [-0.1, -0.05) is 22.8 Å². The molecule has 84 valence electrons. The molecule has 0 saturated heterocycles. The van der Waals surface area contributed by atoms with Crippen LogP contribution >= 0.6 is 0 Å². The second-order valence-corrected chi connectivity index (χ2v) is 4.62. The molecule has 0 aliphatic carbocycles. The van der Waals surface area contributed by atoms with Crippen LogP contribution in [0.5, 0.6) is 0 Å². The molecular weight excluding hydrogens is 182 g/mol. The second-order valence-electron chi connectivity index (χ2n) is 4.62. The molecule has 0 heterocycles. The number of hydrogen-bond donors (Lipinski definition) is 0. The minimum Gasteiger partial charge on any atom is -0.198 e. The van der Waals surface area contributed by atoms with Gasteiger partial charge in [0.05, 0.1) is 6.07 Å². The van der Waals surface area contributed by atoms with E-state index in [0.29, 0.717) is 0 Å². The van der Waals surface area contributed by atoms with Crippen molar-refractivity contribution < 1.29 is 0 Å². The first-order valence-corrected chi connectivity index (χ1v) is 5.65. The molecule has 0 aromatic rings. The van der Waals surface area contributed by atoms with Crippen molar-refractivity contribution in [2.75, 3.05) is 0 Å². The van der Waals surface area contributed by atoms with Crippen molar-refractivity contribution in [1.29, 1.82) is 5.26 Å². The Morgan fingerprint density at radius 1 is 1.20 bits per heavy atom. The van der Waals surface area contributed by atoms with Gasteiger partial charge >= 0.3 is 0 Å². The maximum Gasteiger partial charge on any atom is 0.0656 e. The summed E-state index contributed by atoms with van der Waals surface area (Å²) in [6, 6.07) is 2.28. The highest BCUT2D eigenvalue weighted by Crippen LogP contribution is 2.18. The van der Waals surface area contributed by atoms with E-state index in [4.69, 9.17) is 5.26 Å². The van der Waals surface area contributed by atoms with Gasteiger partial charge < -0.3 is 0 Å². The van der Waals surface area contributed by atoms with Gasteiger partial charge in [0.25, 0.3) is 0 Å². The van der Waals surface area contributed by atoms with Crippen LogP contribution < -0.4 is 0 Å². The largest absolute Gasteiger partial charge is 0.198 e. The van der Waals surface area contributed by atoms with Crippen LogP contribution in [0.25, 0.3) is 0 Å². The zero-order valence-corrected chi connectivity index (χ0v) is 10.7. The van der Waals surface area contributed by atoms with E-state index in [1.807, 2.05) is 6.92 Å². The lowest BCUT2D eigenvalue weighted by molar-refractivity contribution is 0.718. The summed E-state index contributed by atoms with van der Waals surface area (Å²) in [6.45, 7) is 10.6. The topological polar surface area (TPSA) is 23.8 Å². The van der Waals surface area contributed by atoms with E-state index in [1.165, 1.54) is 16.7 Å². The lowest BCUT2D eigenvalue weighted by Crippen LogP contribution is -1.93. The predicted molar refractivity (Wildman–Crippen MR) is 66.4 cm³/mol. The molecule has 1 atom stereocenters. The molecule has 0 rings (SSSR count). The molecule has 1 unspecified atom stereocenters. The first-order valence-electron chi connectivity index (χ1n) is 5.65. The Bertz CT molecular complexity index is 285. The predicted octanol–water partition coefficient (Wildman–Crippen LogP) is 4.62. The fourth-order valence-electron chi connectivity index (χ4n) is 1.47. The molecular formula is C14H23N. The van der Waals surface area contributed by atoms with Crippen LogP contribution in [-0.2, 0) is 0 Å². The van der Waals surface area contributed by atoms with Gasteiger partial charge in [-0.25, -0.2) is 0 Å². The quantitative estimate of drug-likeness (QED) is 0.601. The number of nitriles is 1. The van der Waals surface area contributed by atoms with E-state index in [9.17, 15) is 0 Å². The van der Waals surface area contributed by atoms with E-state index < -0.39 is 0 Å². The molecule has 0 aromatic carbocycles. The highest BCUT2D eigenvalue weighted by Gasteiger charge is 2.03. The number of allylic oxidation sites excluding steroid dienone is 4. The summed E-state index contributed by atoms with van der Waals surface area (Å²) < 4.78 is 0. The molecule has 0 N–H and O–H groups in total. The van der Waals surface area contributed by atoms with E-state index in [2.05, 4.69) is 39.8 Å². The van der Waals surface area contributed by atoms with E-state index in [0.717, 1.165) is 19.3 Å².